The molecule has 0 unspecified atom stereocenters. The molecule has 1 aromatic heterocycles. The molecule has 114 valence electrons. The van der Waals surface area contributed by atoms with Gasteiger partial charge in [-0.2, -0.15) is 0 Å². The van der Waals surface area contributed by atoms with Crippen LogP contribution in [-0.2, 0) is 9.47 Å². The SMILES string of the molecule is CO[C@@H]1[C@@H](O)[C@@H](CN=[N+]=[N-])O[C@H]1n1cc(C)c(=O)[nH]c1=O. The van der Waals surface area contributed by atoms with Crippen molar-refractivity contribution in [1.82, 2.24) is 9.55 Å². The van der Waals surface area contributed by atoms with Gasteiger partial charge >= 0.3 is 5.69 Å². The summed E-state index contributed by atoms with van der Waals surface area (Å²) in [6, 6.07) is 0. The van der Waals surface area contributed by atoms with E-state index in [0.29, 0.717) is 5.56 Å². The fraction of sp³-hybridized carbons (Fsp3) is 0.636. The Morgan fingerprint density at radius 3 is 2.95 bits per heavy atom. The monoisotopic (exact) mass is 297 g/mol. The van der Waals surface area contributed by atoms with Crippen LogP contribution in [-0.4, -0.2) is 46.6 Å². The Morgan fingerprint density at radius 1 is 1.62 bits per heavy atom. The van der Waals surface area contributed by atoms with Gasteiger partial charge in [-0.1, -0.05) is 5.11 Å². The molecule has 0 bridgehead atoms. The van der Waals surface area contributed by atoms with E-state index in [1.807, 2.05) is 0 Å². The summed E-state index contributed by atoms with van der Waals surface area (Å²) in [5.41, 5.74) is 7.48. The van der Waals surface area contributed by atoms with Gasteiger partial charge in [0.25, 0.3) is 5.56 Å². The molecule has 4 atom stereocenters. The van der Waals surface area contributed by atoms with Gasteiger partial charge < -0.3 is 14.6 Å². The first-order valence-electron chi connectivity index (χ1n) is 6.18. The number of hydrogen-bond donors (Lipinski definition) is 2. The molecule has 21 heavy (non-hydrogen) atoms. The molecule has 1 aromatic rings. The van der Waals surface area contributed by atoms with Crippen molar-refractivity contribution in [2.75, 3.05) is 13.7 Å². The maximum atomic E-state index is 11.9. The lowest BCUT2D eigenvalue weighted by Gasteiger charge is -2.20. The minimum absolute atomic E-state index is 0.0922. The highest BCUT2D eigenvalue weighted by Crippen LogP contribution is 2.30. The molecule has 0 aromatic carbocycles. The van der Waals surface area contributed by atoms with E-state index in [9.17, 15) is 14.7 Å². The molecule has 1 aliphatic heterocycles. The zero-order valence-electron chi connectivity index (χ0n) is 11.5. The molecule has 0 saturated carbocycles. The second kappa shape index (κ2) is 6.10. The summed E-state index contributed by atoms with van der Waals surface area (Å²) < 4.78 is 11.8. The molecular weight excluding hydrogens is 282 g/mol. The summed E-state index contributed by atoms with van der Waals surface area (Å²) in [5, 5.41) is 13.5. The van der Waals surface area contributed by atoms with E-state index in [1.165, 1.54) is 13.3 Å². The van der Waals surface area contributed by atoms with Crippen LogP contribution < -0.4 is 11.2 Å². The topological polar surface area (TPSA) is 142 Å². The summed E-state index contributed by atoms with van der Waals surface area (Å²) in [5.74, 6) is 0. The Morgan fingerprint density at radius 2 is 2.33 bits per heavy atom. The number of H-pyrrole nitrogens is 1. The first-order chi connectivity index (χ1) is 9.99. The zero-order chi connectivity index (χ0) is 15.6. The molecule has 0 aliphatic carbocycles. The number of aryl methyl sites for hydroxylation is 1. The first-order valence-corrected chi connectivity index (χ1v) is 6.18. The van der Waals surface area contributed by atoms with Crippen molar-refractivity contribution >= 4 is 0 Å². The van der Waals surface area contributed by atoms with E-state index in [0.717, 1.165) is 4.57 Å². The molecule has 10 nitrogen and oxygen atoms in total. The van der Waals surface area contributed by atoms with Gasteiger partial charge in [-0.05, 0) is 12.5 Å². The molecule has 0 radical (unpaired) electrons. The zero-order valence-corrected chi connectivity index (χ0v) is 11.5. The van der Waals surface area contributed by atoms with Crippen LogP contribution in [0.4, 0.5) is 0 Å². The van der Waals surface area contributed by atoms with Gasteiger partial charge in [-0.3, -0.25) is 14.3 Å². The Labute approximate surface area is 118 Å². The number of aliphatic hydroxyl groups excluding tert-OH is 1. The molecule has 2 heterocycles. The number of aromatic nitrogens is 2. The highest BCUT2D eigenvalue weighted by Gasteiger charge is 2.45. The average Bonchev–Trinajstić information content (AvgIpc) is 2.76. The molecule has 1 saturated heterocycles. The summed E-state index contributed by atoms with van der Waals surface area (Å²) >= 11 is 0. The molecule has 0 amide bonds. The number of aliphatic hydroxyl groups is 1. The van der Waals surface area contributed by atoms with Gasteiger partial charge in [0.05, 0.1) is 12.6 Å². The lowest BCUT2D eigenvalue weighted by atomic mass is 10.1. The Kier molecular flexibility index (Phi) is 4.43. The van der Waals surface area contributed by atoms with Crippen LogP contribution in [0.1, 0.15) is 11.8 Å². The minimum Gasteiger partial charge on any atom is -0.388 e. The van der Waals surface area contributed by atoms with E-state index in [2.05, 4.69) is 15.0 Å². The van der Waals surface area contributed by atoms with E-state index in [-0.39, 0.29) is 6.54 Å². The fourth-order valence-electron chi connectivity index (χ4n) is 2.24. The van der Waals surface area contributed by atoms with Crippen molar-refractivity contribution in [3.8, 4) is 0 Å². The van der Waals surface area contributed by atoms with E-state index in [4.69, 9.17) is 15.0 Å². The van der Waals surface area contributed by atoms with Crippen molar-refractivity contribution in [2.24, 2.45) is 5.11 Å². The van der Waals surface area contributed by atoms with E-state index in [1.54, 1.807) is 6.92 Å². The van der Waals surface area contributed by atoms with E-state index < -0.39 is 35.8 Å². The molecule has 10 heteroatoms. The van der Waals surface area contributed by atoms with Gasteiger partial charge in [-0.25, -0.2) is 4.79 Å². The van der Waals surface area contributed by atoms with Crippen molar-refractivity contribution in [3.05, 3.63) is 43.0 Å². The van der Waals surface area contributed by atoms with Crippen molar-refractivity contribution in [2.45, 2.75) is 31.5 Å². The lowest BCUT2D eigenvalue weighted by molar-refractivity contribution is -0.0527. The predicted octanol–water partition coefficient (Wildman–Crippen LogP) is -0.571. The quantitative estimate of drug-likeness (QED) is 0.434. The van der Waals surface area contributed by atoms with Gasteiger partial charge in [0.15, 0.2) is 6.23 Å². The molecular formula is C11H15N5O5. The number of methoxy groups -OCH3 is 1. The molecule has 1 fully saturated rings. The standard InChI is InChI=1S/C11H15N5O5/c1-5-4-16(11(19)14-9(5)18)10-8(20-2)7(17)6(21-10)3-13-15-12/h4,6-8,10,17H,3H2,1-2H3,(H,14,18,19)/t6-,7+,8-,10-/m1/s1. The summed E-state index contributed by atoms with van der Waals surface area (Å²) in [6.07, 6.45) is -2.28. The molecule has 2 rings (SSSR count). The lowest BCUT2D eigenvalue weighted by Crippen LogP contribution is -2.39. The smallest absolute Gasteiger partial charge is 0.330 e. The third kappa shape index (κ3) is 2.83. The Hall–Kier alpha value is -2.13. The summed E-state index contributed by atoms with van der Waals surface area (Å²) in [6.45, 7) is 1.45. The van der Waals surface area contributed by atoms with Gasteiger partial charge in [0, 0.05) is 23.8 Å². The second-order valence-electron chi connectivity index (χ2n) is 4.65. The largest absolute Gasteiger partial charge is 0.388 e. The number of ether oxygens (including phenoxy) is 2. The number of rotatable bonds is 4. The first kappa shape index (κ1) is 15.3. The summed E-state index contributed by atoms with van der Waals surface area (Å²) in [4.78, 5) is 28.0. The average molecular weight is 297 g/mol. The van der Waals surface area contributed by atoms with Crippen LogP contribution in [0.15, 0.2) is 20.9 Å². The van der Waals surface area contributed by atoms with Gasteiger partial charge in [0.1, 0.15) is 12.2 Å². The predicted molar refractivity (Wildman–Crippen MR) is 70.8 cm³/mol. The van der Waals surface area contributed by atoms with Crippen LogP contribution in [0.25, 0.3) is 10.4 Å². The maximum Gasteiger partial charge on any atom is 0.330 e. The van der Waals surface area contributed by atoms with Crippen molar-refractivity contribution in [3.63, 3.8) is 0 Å². The van der Waals surface area contributed by atoms with Gasteiger partial charge in [0.2, 0.25) is 0 Å². The van der Waals surface area contributed by atoms with E-state index >= 15 is 0 Å². The van der Waals surface area contributed by atoms with Crippen LogP contribution in [0.2, 0.25) is 0 Å². The fourth-order valence-corrected chi connectivity index (χ4v) is 2.24. The summed E-state index contributed by atoms with van der Waals surface area (Å²) in [7, 11) is 1.36. The Bertz CT molecular complexity index is 676. The number of azide groups is 1. The second-order valence-corrected chi connectivity index (χ2v) is 4.65. The van der Waals surface area contributed by atoms with Crippen molar-refractivity contribution in [1.29, 1.82) is 0 Å². The molecule has 1 aliphatic rings. The van der Waals surface area contributed by atoms with Gasteiger partial charge in [-0.15, -0.1) is 0 Å². The third-order valence-corrected chi connectivity index (χ3v) is 3.33. The third-order valence-electron chi connectivity index (χ3n) is 3.33. The number of nitrogens with zero attached hydrogens (tertiary/aromatic N) is 4. The molecule has 0 spiro atoms. The Balaban J connectivity index is 2.38. The van der Waals surface area contributed by atoms with Crippen LogP contribution in [0.3, 0.4) is 0 Å². The highest BCUT2D eigenvalue weighted by atomic mass is 16.6. The maximum absolute atomic E-state index is 11.9. The number of hydrogen-bond acceptors (Lipinski definition) is 6. The minimum atomic E-state index is -1.07. The highest BCUT2D eigenvalue weighted by molar-refractivity contribution is 5.03. The van der Waals surface area contributed by atoms with Crippen molar-refractivity contribution < 1.29 is 14.6 Å². The van der Waals surface area contributed by atoms with Crippen LogP contribution >= 0.6 is 0 Å². The van der Waals surface area contributed by atoms with Crippen LogP contribution in [0, 0.1) is 6.92 Å². The molecule has 2 N–H and O–H groups in total. The normalized spacial score (nSPS) is 28.3. The number of aromatic amines is 1. The number of nitrogens with one attached hydrogen (secondary N) is 1. The van der Waals surface area contributed by atoms with Crippen LogP contribution in [0.5, 0.6) is 0 Å².